The van der Waals surface area contributed by atoms with Crippen LogP contribution < -0.4 is 10.6 Å². The van der Waals surface area contributed by atoms with Gasteiger partial charge in [0.1, 0.15) is 24.4 Å². The number of carbonyl (C=O) groups excluding carboxylic acids is 3. The normalized spacial score (nSPS) is 18.2. The lowest BCUT2D eigenvalue weighted by Crippen LogP contribution is -2.48. The Morgan fingerprint density at radius 3 is 1.68 bits per heavy atom. The Labute approximate surface area is 275 Å². The number of nitrogens with one attached hydrogen (secondary N) is 2. The molecule has 0 radical (unpaired) electrons. The predicted octanol–water partition coefficient (Wildman–Crippen LogP) is -3.47. The fraction of sp³-hybridized carbons (Fsp3) is 0.900. The zero-order valence-corrected chi connectivity index (χ0v) is 27.4. The van der Waals surface area contributed by atoms with Gasteiger partial charge in [-0.25, -0.2) is 0 Å². The second-order valence-electron chi connectivity index (χ2n) is 11.7. The molecule has 0 aliphatic rings. The van der Waals surface area contributed by atoms with E-state index < -0.39 is 74.4 Å². The molecule has 17 heteroatoms. The topological polar surface area (TPSA) is 296 Å². The zero-order chi connectivity index (χ0) is 35.9. The van der Waals surface area contributed by atoms with E-state index in [0.29, 0.717) is 51.5 Å². The van der Waals surface area contributed by atoms with Gasteiger partial charge in [-0.2, -0.15) is 0 Å². The van der Waals surface area contributed by atoms with Crippen molar-refractivity contribution in [2.45, 2.75) is 133 Å². The molecule has 12 N–H and O–H groups in total. The first kappa shape index (κ1) is 45.1. The SMILES string of the molecule is CC(=O)[C@@H](CCCCNC(=O)CCCCOC(O)C(O)C(O)C(O)CCO)NC(=O)CCCCOC(O)C(O)C(O)C(O)C(C)CO. The van der Waals surface area contributed by atoms with E-state index >= 15 is 0 Å². The van der Waals surface area contributed by atoms with Crippen LogP contribution in [0.2, 0.25) is 0 Å². The van der Waals surface area contributed by atoms with Crippen molar-refractivity contribution in [3.8, 4) is 0 Å². The van der Waals surface area contributed by atoms with Crippen molar-refractivity contribution >= 4 is 17.6 Å². The molecule has 0 saturated carbocycles. The van der Waals surface area contributed by atoms with E-state index in [9.17, 15) is 55.2 Å². The molecule has 9 unspecified atom stereocenters. The molecule has 0 aromatic heterocycles. The van der Waals surface area contributed by atoms with Gasteiger partial charge >= 0.3 is 0 Å². The molecule has 0 aromatic carbocycles. The molecule has 2 amide bonds. The van der Waals surface area contributed by atoms with Crippen molar-refractivity contribution in [2.75, 3.05) is 33.0 Å². The van der Waals surface area contributed by atoms with Gasteiger partial charge in [0.2, 0.25) is 11.8 Å². The maximum atomic E-state index is 12.3. The van der Waals surface area contributed by atoms with Crippen molar-refractivity contribution in [2.24, 2.45) is 5.92 Å². The van der Waals surface area contributed by atoms with Crippen molar-refractivity contribution < 1.29 is 74.9 Å². The van der Waals surface area contributed by atoms with Crippen LogP contribution in [0, 0.1) is 5.92 Å². The third-order valence-corrected chi connectivity index (χ3v) is 7.57. The lowest BCUT2D eigenvalue weighted by atomic mass is 9.97. The van der Waals surface area contributed by atoms with Gasteiger partial charge in [0.15, 0.2) is 18.4 Å². The van der Waals surface area contributed by atoms with Crippen molar-refractivity contribution in [3.63, 3.8) is 0 Å². The van der Waals surface area contributed by atoms with Crippen LogP contribution in [-0.2, 0) is 23.9 Å². The second kappa shape index (κ2) is 26.1. The molecule has 17 nitrogen and oxygen atoms in total. The largest absolute Gasteiger partial charge is 0.396 e. The van der Waals surface area contributed by atoms with Crippen LogP contribution in [0.15, 0.2) is 0 Å². The minimum atomic E-state index is -1.80. The Hall–Kier alpha value is -1.87. The Morgan fingerprint density at radius 1 is 0.638 bits per heavy atom. The van der Waals surface area contributed by atoms with Gasteiger partial charge < -0.3 is 71.2 Å². The molecule has 10 atom stereocenters. The van der Waals surface area contributed by atoms with Crippen molar-refractivity contribution in [1.82, 2.24) is 10.6 Å². The number of amides is 2. The minimum absolute atomic E-state index is 0.00349. The monoisotopic (exact) mass is 686 g/mol. The highest BCUT2D eigenvalue weighted by Gasteiger charge is 2.33. The van der Waals surface area contributed by atoms with Crippen molar-refractivity contribution in [3.05, 3.63) is 0 Å². The summed E-state index contributed by atoms with van der Waals surface area (Å²) in [5, 5.41) is 102. The fourth-order valence-electron chi connectivity index (χ4n) is 4.33. The van der Waals surface area contributed by atoms with Crippen LogP contribution >= 0.6 is 0 Å². The quantitative estimate of drug-likeness (QED) is 0.0269. The fourth-order valence-corrected chi connectivity index (χ4v) is 4.33. The summed E-state index contributed by atoms with van der Waals surface area (Å²) in [5.41, 5.74) is 0. The maximum Gasteiger partial charge on any atom is 0.220 e. The molecule has 278 valence electrons. The molecule has 47 heavy (non-hydrogen) atoms. The number of Topliss-reactive ketones (excluding diaryl/α,β-unsaturated/α-hetero) is 1. The summed E-state index contributed by atoms with van der Waals surface area (Å²) < 4.78 is 10.1. The molecule has 0 bridgehead atoms. The van der Waals surface area contributed by atoms with Gasteiger partial charge in [0.25, 0.3) is 0 Å². The number of unbranched alkanes of at least 4 members (excludes halogenated alkanes) is 3. The second-order valence-corrected chi connectivity index (χ2v) is 11.7. The molecule has 0 heterocycles. The summed E-state index contributed by atoms with van der Waals surface area (Å²) in [6.45, 7) is 2.31. The molecule has 0 saturated heterocycles. The van der Waals surface area contributed by atoms with Gasteiger partial charge in [0, 0.05) is 51.7 Å². The number of ketones is 1. The number of aliphatic hydroxyl groups is 10. The smallest absolute Gasteiger partial charge is 0.220 e. The Kier molecular flexibility index (Phi) is 25.0. The number of rotatable bonds is 29. The standard InChI is InChI=1S/C30H58N2O15/c1-18(17-34)24(39)26(41)28(43)30(45)47-16-8-5-11-23(38)32-20(19(2)35)9-3-6-13-31-22(37)10-4-7-15-46-29(44)27(42)25(40)21(36)12-14-33/h18,20-21,24-30,33-34,36,39-45H,3-17H2,1-2H3,(H,31,37)(H,32,38)/t18?,20-,21?,24?,25?,26?,27?,28?,29?,30?/m1/s1. The molecule has 0 aliphatic heterocycles. The van der Waals surface area contributed by atoms with Gasteiger partial charge in [-0.05, 0) is 58.3 Å². The van der Waals surface area contributed by atoms with Gasteiger partial charge in [0.05, 0.1) is 18.2 Å². The molecule has 0 aromatic rings. The highest BCUT2D eigenvalue weighted by Crippen LogP contribution is 2.14. The summed E-state index contributed by atoms with van der Waals surface area (Å²) in [4.78, 5) is 36.3. The summed E-state index contributed by atoms with van der Waals surface area (Å²) in [6, 6.07) is -0.687. The number of hydrogen-bond donors (Lipinski definition) is 12. The Morgan fingerprint density at radius 2 is 1.17 bits per heavy atom. The number of hydrogen-bond acceptors (Lipinski definition) is 15. The van der Waals surface area contributed by atoms with E-state index in [-0.39, 0.29) is 50.1 Å². The van der Waals surface area contributed by atoms with E-state index in [4.69, 9.17) is 19.7 Å². The number of aliphatic hydroxyl groups excluding tert-OH is 10. The van der Waals surface area contributed by atoms with Crippen LogP contribution in [0.1, 0.15) is 78.1 Å². The van der Waals surface area contributed by atoms with Crippen LogP contribution in [0.25, 0.3) is 0 Å². The number of carbonyl (C=O) groups is 3. The molecular weight excluding hydrogens is 628 g/mol. The minimum Gasteiger partial charge on any atom is -0.396 e. The predicted molar refractivity (Wildman–Crippen MR) is 165 cm³/mol. The number of ether oxygens (including phenoxy) is 2. The summed E-state index contributed by atoms with van der Waals surface area (Å²) in [7, 11) is 0. The van der Waals surface area contributed by atoms with Gasteiger partial charge in [-0.3, -0.25) is 14.4 Å². The van der Waals surface area contributed by atoms with Crippen LogP contribution in [0.3, 0.4) is 0 Å². The zero-order valence-electron chi connectivity index (χ0n) is 27.4. The average molecular weight is 687 g/mol. The Balaban J connectivity index is 4.11. The summed E-state index contributed by atoms with van der Waals surface area (Å²) in [6.07, 6.45) is -10.3. The van der Waals surface area contributed by atoms with Crippen LogP contribution in [0.5, 0.6) is 0 Å². The third-order valence-electron chi connectivity index (χ3n) is 7.57. The van der Waals surface area contributed by atoms with Crippen LogP contribution in [0.4, 0.5) is 0 Å². The molecule has 0 fully saturated rings. The van der Waals surface area contributed by atoms with Crippen LogP contribution in [-0.4, -0.2) is 157 Å². The first-order valence-corrected chi connectivity index (χ1v) is 16.1. The van der Waals surface area contributed by atoms with E-state index in [0.717, 1.165) is 0 Å². The molecule has 0 rings (SSSR count). The highest BCUT2D eigenvalue weighted by atomic mass is 16.6. The average Bonchev–Trinajstić information content (AvgIpc) is 3.04. The third kappa shape index (κ3) is 19.7. The lowest BCUT2D eigenvalue weighted by Gasteiger charge is -2.28. The Bertz CT molecular complexity index is 854. The summed E-state index contributed by atoms with van der Waals surface area (Å²) in [5.74, 6) is -1.50. The highest BCUT2D eigenvalue weighted by molar-refractivity contribution is 5.87. The van der Waals surface area contributed by atoms with E-state index in [2.05, 4.69) is 10.6 Å². The van der Waals surface area contributed by atoms with E-state index in [1.54, 1.807) is 0 Å². The summed E-state index contributed by atoms with van der Waals surface area (Å²) >= 11 is 0. The first-order valence-electron chi connectivity index (χ1n) is 16.1. The van der Waals surface area contributed by atoms with Gasteiger partial charge in [-0.15, -0.1) is 0 Å². The van der Waals surface area contributed by atoms with Crippen molar-refractivity contribution in [1.29, 1.82) is 0 Å². The lowest BCUT2D eigenvalue weighted by molar-refractivity contribution is -0.207. The molecular formula is C30H58N2O15. The van der Waals surface area contributed by atoms with E-state index in [1.165, 1.54) is 13.8 Å². The molecule has 0 spiro atoms. The maximum absolute atomic E-state index is 12.3. The van der Waals surface area contributed by atoms with Gasteiger partial charge in [-0.1, -0.05) is 6.92 Å². The molecule has 0 aliphatic carbocycles. The first-order chi connectivity index (χ1) is 22.2. The van der Waals surface area contributed by atoms with E-state index in [1.807, 2.05) is 0 Å².